The summed E-state index contributed by atoms with van der Waals surface area (Å²) in [5.41, 5.74) is 7.05. The summed E-state index contributed by atoms with van der Waals surface area (Å²) in [6.45, 7) is -0.544. The van der Waals surface area contributed by atoms with E-state index < -0.39 is 49.2 Å². The van der Waals surface area contributed by atoms with Gasteiger partial charge in [0, 0.05) is 0 Å². The quantitative estimate of drug-likeness (QED) is 0.243. The number of ether oxygens (including phenoxy) is 1. The number of aromatic nitrogens is 3. The summed E-state index contributed by atoms with van der Waals surface area (Å²) in [6.07, 6.45) is -5.06. The number of aliphatic hydroxyl groups excluding tert-OH is 4. The molecule has 0 bridgehead atoms. The zero-order chi connectivity index (χ0) is 21.8. The fourth-order valence-electron chi connectivity index (χ4n) is 3.11. The van der Waals surface area contributed by atoms with Gasteiger partial charge >= 0.3 is 0 Å². The molecule has 3 rings (SSSR count). The number of phenols is 1. The van der Waals surface area contributed by atoms with Crippen molar-refractivity contribution >= 4 is 5.91 Å². The van der Waals surface area contributed by atoms with Crippen LogP contribution in [0.25, 0.3) is 0 Å². The predicted octanol–water partition coefficient (Wildman–Crippen LogP) is -2.86. The number of amides is 1. The Morgan fingerprint density at radius 2 is 1.90 bits per heavy atom. The van der Waals surface area contributed by atoms with Crippen LogP contribution in [-0.4, -0.2) is 83.5 Å². The first kappa shape index (κ1) is 22.1. The molecule has 6 atom stereocenters. The highest BCUT2D eigenvalue weighted by Gasteiger charge is 2.44. The van der Waals surface area contributed by atoms with Crippen molar-refractivity contribution in [1.29, 1.82) is 0 Å². The second-order valence-corrected chi connectivity index (χ2v) is 7.10. The lowest BCUT2D eigenvalue weighted by Crippen LogP contribution is -2.56. The van der Waals surface area contributed by atoms with E-state index in [0.717, 1.165) is 10.2 Å². The Morgan fingerprint density at radius 1 is 1.20 bits per heavy atom. The molecule has 30 heavy (non-hydrogen) atoms. The molecule has 12 heteroatoms. The lowest BCUT2D eigenvalue weighted by atomic mass is 9.98. The minimum Gasteiger partial charge on any atom is -0.508 e. The van der Waals surface area contributed by atoms with Gasteiger partial charge in [-0.3, -0.25) is 4.79 Å². The molecule has 12 nitrogen and oxygen atoms in total. The molecule has 1 aromatic carbocycles. The van der Waals surface area contributed by atoms with Gasteiger partial charge in [-0.2, -0.15) is 0 Å². The van der Waals surface area contributed by atoms with E-state index in [0.29, 0.717) is 5.69 Å². The van der Waals surface area contributed by atoms with Crippen LogP contribution in [-0.2, 0) is 22.5 Å². The molecule has 0 saturated carbocycles. The van der Waals surface area contributed by atoms with Gasteiger partial charge in [0.05, 0.1) is 25.4 Å². The maximum atomic E-state index is 12.2. The third kappa shape index (κ3) is 4.92. The van der Waals surface area contributed by atoms with Crippen LogP contribution in [0.5, 0.6) is 5.75 Å². The highest BCUT2D eigenvalue weighted by molar-refractivity contribution is 5.81. The molecule has 1 amide bonds. The van der Waals surface area contributed by atoms with Crippen LogP contribution in [0.3, 0.4) is 0 Å². The van der Waals surface area contributed by atoms with Crippen LogP contribution in [0.1, 0.15) is 17.5 Å². The minimum atomic E-state index is -1.54. The number of benzene rings is 1. The number of aliphatic hydroxyl groups is 4. The maximum absolute atomic E-state index is 12.2. The second kappa shape index (κ2) is 9.47. The lowest BCUT2D eigenvalue weighted by Gasteiger charge is -2.39. The Labute approximate surface area is 171 Å². The molecule has 164 valence electrons. The third-order valence-corrected chi connectivity index (χ3v) is 4.86. The summed E-state index contributed by atoms with van der Waals surface area (Å²) in [5.74, 6) is -0.287. The number of nitrogens with zero attached hydrogens (tertiary/aromatic N) is 3. The van der Waals surface area contributed by atoms with Gasteiger partial charge in [0.15, 0.2) is 6.23 Å². The molecule has 2 heterocycles. The number of hydrogen-bond acceptors (Lipinski definition) is 10. The number of nitrogens with one attached hydrogen (secondary N) is 1. The van der Waals surface area contributed by atoms with Gasteiger partial charge in [0.1, 0.15) is 35.9 Å². The van der Waals surface area contributed by atoms with Crippen molar-refractivity contribution in [2.45, 2.75) is 49.7 Å². The first-order valence-corrected chi connectivity index (χ1v) is 9.32. The van der Waals surface area contributed by atoms with Crippen molar-refractivity contribution < 1.29 is 35.1 Å². The van der Waals surface area contributed by atoms with Crippen LogP contribution < -0.4 is 11.1 Å². The van der Waals surface area contributed by atoms with Crippen LogP contribution in [0, 0.1) is 0 Å². The average molecular weight is 423 g/mol. The number of phenolic OH excluding ortho intramolecular Hbond substituents is 1. The zero-order valence-corrected chi connectivity index (χ0v) is 15.9. The molecule has 1 aromatic heterocycles. The SMILES string of the molecule is N[C@@H](Cc1ccc(O)cc1)C(=O)NCc1cn([C@@H]2O[C@H](CO)[C@@H](O)[C@H](O)[C@H]2O)nn1. The van der Waals surface area contributed by atoms with Crippen molar-refractivity contribution in [2.24, 2.45) is 5.73 Å². The van der Waals surface area contributed by atoms with Gasteiger partial charge < -0.3 is 41.3 Å². The first-order valence-electron chi connectivity index (χ1n) is 9.32. The molecule has 0 radical (unpaired) electrons. The van der Waals surface area contributed by atoms with E-state index in [1.54, 1.807) is 12.1 Å². The van der Waals surface area contributed by atoms with Gasteiger partial charge in [-0.25, -0.2) is 4.68 Å². The Hall–Kier alpha value is -2.61. The lowest BCUT2D eigenvalue weighted by molar-refractivity contribution is -0.254. The molecule has 0 aliphatic carbocycles. The van der Waals surface area contributed by atoms with Crippen LogP contribution in [0.4, 0.5) is 0 Å². The number of carbonyl (C=O) groups is 1. The van der Waals surface area contributed by atoms with E-state index in [1.165, 1.54) is 18.3 Å². The summed E-state index contributed by atoms with van der Waals surface area (Å²) >= 11 is 0. The molecule has 1 saturated heterocycles. The van der Waals surface area contributed by atoms with Gasteiger partial charge in [-0.05, 0) is 24.1 Å². The summed E-state index contributed by atoms with van der Waals surface area (Å²) in [5, 5.41) is 58.7. The summed E-state index contributed by atoms with van der Waals surface area (Å²) < 4.78 is 6.53. The Bertz CT molecular complexity index is 844. The van der Waals surface area contributed by atoms with E-state index in [-0.39, 0.29) is 18.7 Å². The Kier molecular flexibility index (Phi) is 6.97. The molecule has 8 N–H and O–H groups in total. The monoisotopic (exact) mass is 423 g/mol. The smallest absolute Gasteiger partial charge is 0.237 e. The molecule has 1 aliphatic heterocycles. The van der Waals surface area contributed by atoms with Crippen molar-refractivity contribution in [3.63, 3.8) is 0 Å². The zero-order valence-electron chi connectivity index (χ0n) is 15.9. The third-order valence-electron chi connectivity index (χ3n) is 4.86. The van der Waals surface area contributed by atoms with Gasteiger partial charge in [-0.1, -0.05) is 17.3 Å². The Morgan fingerprint density at radius 3 is 2.57 bits per heavy atom. The predicted molar refractivity (Wildman–Crippen MR) is 101 cm³/mol. The van der Waals surface area contributed by atoms with Gasteiger partial charge in [0.2, 0.25) is 5.91 Å². The van der Waals surface area contributed by atoms with Crippen LogP contribution in [0.15, 0.2) is 30.5 Å². The van der Waals surface area contributed by atoms with Crippen molar-refractivity contribution in [3.8, 4) is 5.75 Å². The minimum absolute atomic E-state index is 0.0134. The number of aromatic hydroxyl groups is 1. The molecular weight excluding hydrogens is 398 g/mol. The van der Waals surface area contributed by atoms with Crippen molar-refractivity contribution in [3.05, 3.63) is 41.7 Å². The number of carbonyl (C=O) groups excluding carboxylic acids is 1. The number of hydrogen-bond donors (Lipinski definition) is 7. The average Bonchev–Trinajstić information content (AvgIpc) is 3.21. The highest BCUT2D eigenvalue weighted by Crippen LogP contribution is 2.27. The Balaban J connectivity index is 1.56. The number of nitrogens with two attached hydrogens (primary N) is 1. The van der Waals surface area contributed by atoms with Crippen molar-refractivity contribution in [2.75, 3.05) is 6.61 Å². The standard InChI is InChI=1S/C18H25N5O7/c19-12(5-9-1-3-11(25)4-2-9)17(29)20-6-10-7-23(22-21-10)18-16(28)15(27)14(26)13(8-24)30-18/h1-4,7,12-16,18,24-28H,5-6,8,19H2,(H,20,29)/t12-,13+,14+,15-,16+,18+/m0/s1. The van der Waals surface area contributed by atoms with Crippen LogP contribution in [0.2, 0.25) is 0 Å². The molecular formula is C18H25N5O7. The summed E-state index contributed by atoms with van der Waals surface area (Å²) in [7, 11) is 0. The second-order valence-electron chi connectivity index (χ2n) is 7.10. The molecule has 1 fully saturated rings. The fraction of sp³-hybridized carbons (Fsp3) is 0.500. The summed E-state index contributed by atoms with van der Waals surface area (Å²) in [6, 6.07) is 5.56. The highest BCUT2D eigenvalue weighted by atomic mass is 16.6. The summed E-state index contributed by atoms with van der Waals surface area (Å²) in [4.78, 5) is 12.2. The van der Waals surface area contributed by atoms with E-state index in [2.05, 4.69) is 15.6 Å². The van der Waals surface area contributed by atoms with Gasteiger partial charge in [0.25, 0.3) is 0 Å². The fourth-order valence-corrected chi connectivity index (χ4v) is 3.11. The molecule has 0 unspecified atom stereocenters. The maximum Gasteiger partial charge on any atom is 0.237 e. The molecule has 2 aromatic rings. The normalized spacial score (nSPS) is 27.6. The molecule has 0 spiro atoms. The largest absolute Gasteiger partial charge is 0.508 e. The van der Waals surface area contributed by atoms with E-state index in [4.69, 9.17) is 10.5 Å². The van der Waals surface area contributed by atoms with Gasteiger partial charge in [-0.15, -0.1) is 5.10 Å². The topological polar surface area (TPSA) is 196 Å². The van der Waals surface area contributed by atoms with E-state index in [9.17, 15) is 30.3 Å². The van der Waals surface area contributed by atoms with E-state index in [1.807, 2.05) is 0 Å². The number of rotatable bonds is 7. The van der Waals surface area contributed by atoms with Crippen LogP contribution >= 0.6 is 0 Å². The molecule has 1 aliphatic rings. The van der Waals surface area contributed by atoms with Crippen molar-refractivity contribution in [1.82, 2.24) is 20.3 Å². The van der Waals surface area contributed by atoms with E-state index >= 15 is 0 Å². The first-order chi connectivity index (χ1) is 14.3.